The quantitative estimate of drug-likeness (QED) is 0.679. The van der Waals surface area contributed by atoms with E-state index in [4.69, 9.17) is 0 Å². The van der Waals surface area contributed by atoms with E-state index in [1.165, 1.54) is 5.56 Å². The number of nitrogens with zero attached hydrogens (tertiary/aromatic N) is 2. The Bertz CT molecular complexity index is 1180. The van der Waals surface area contributed by atoms with Gasteiger partial charge in [-0.2, -0.15) is 0 Å². The largest absolute Gasteiger partial charge is 0.348 e. The summed E-state index contributed by atoms with van der Waals surface area (Å²) in [6.45, 7) is 5.95. The molecule has 2 heterocycles. The van der Waals surface area contributed by atoms with Gasteiger partial charge in [-0.05, 0) is 44.0 Å². The number of hydrogen-bond acceptors (Lipinski definition) is 4. The molecule has 2 atom stereocenters. The number of hydrogen-bond donors (Lipinski definition) is 2. The molecular weight excluding hydrogens is 380 g/mol. The van der Waals surface area contributed by atoms with Crippen LogP contribution in [0.2, 0.25) is 0 Å². The molecule has 30 heavy (non-hydrogen) atoms. The summed E-state index contributed by atoms with van der Waals surface area (Å²) in [6, 6.07) is 15.4. The molecule has 1 aliphatic rings. The lowest BCUT2D eigenvalue weighted by Crippen LogP contribution is -2.43. The van der Waals surface area contributed by atoms with Gasteiger partial charge in [-0.15, -0.1) is 0 Å². The molecule has 1 fully saturated rings. The molecule has 156 valence electrons. The van der Waals surface area contributed by atoms with E-state index >= 15 is 0 Å². The Morgan fingerprint density at radius 3 is 2.67 bits per heavy atom. The normalized spacial score (nSPS) is 19.3. The number of H-pyrrole nitrogens is 1. The van der Waals surface area contributed by atoms with E-state index in [1.807, 2.05) is 18.2 Å². The minimum atomic E-state index is -0.464. The Morgan fingerprint density at radius 2 is 1.93 bits per heavy atom. The number of likely N-dealkylation sites (tertiary alicyclic amines) is 1. The molecule has 1 saturated heterocycles. The fourth-order valence-corrected chi connectivity index (χ4v) is 4.17. The maximum absolute atomic E-state index is 12.8. The van der Waals surface area contributed by atoms with Crippen LogP contribution >= 0.6 is 0 Å². The maximum Gasteiger partial charge on any atom is 0.328 e. The number of aromatic nitrogens is 2. The fourth-order valence-electron chi connectivity index (χ4n) is 4.17. The van der Waals surface area contributed by atoms with Gasteiger partial charge in [0.15, 0.2) is 0 Å². The molecule has 0 bridgehead atoms. The lowest BCUT2D eigenvalue weighted by atomic mass is 10.1. The number of fused-ring (bicyclic) bond motifs is 1. The second-order valence-corrected chi connectivity index (χ2v) is 7.81. The van der Waals surface area contributed by atoms with Crippen LogP contribution in [0, 0.1) is 0 Å². The van der Waals surface area contributed by atoms with Crippen molar-refractivity contribution in [2.45, 2.75) is 45.4 Å². The van der Waals surface area contributed by atoms with Gasteiger partial charge in [0.25, 0.3) is 11.5 Å². The van der Waals surface area contributed by atoms with Crippen molar-refractivity contribution in [3.63, 3.8) is 0 Å². The van der Waals surface area contributed by atoms with E-state index in [0.29, 0.717) is 23.0 Å². The molecule has 1 amide bonds. The lowest BCUT2D eigenvalue weighted by molar-refractivity contribution is 0.0927. The molecule has 4 rings (SSSR count). The molecule has 0 radical (unpaired) electrons. The van der Waals surface area contributed by atoms with Crippen LogP contribution in [0.4, 0.5) is 0 Å². The summed E-state index contributed by atoms with van der Waals surface area (Å²) in [5.74, 6) is -0.198. The molecule has 7 heteroatoms. The van der Waals surface area contributed by atoms with Crippen LogP contribution < -0.4 is 16.6 Å². The minimum absolute atomic E-state index is 0.0454. The van der Waals surface area contributed by atoms with Crippen molar-refractivity contribution in [1.29, 1.82) is 0 Å². The van der Waals surface area contributed by atoms with E-state index in [0.717, 1.165) is 24.1 Å². The Labute approximate surface area is 174 Å². The standard InChI is InChI=1S/C23H26N4O3/c1-3-27-22(29)18-10-9-17(13-20(18)25-23(27)30)21(28)24-19-11-12-26(15(19)2)14-16-7-5-4-6-8-16/h4-10,13,15,19H,3,11-12,14H2,1-2H3,(H,24,28)(H,25,30). The zero-order valence-corrected chi connectivity index (χ0v) is 17.2. The summed E-state index contributed by atoms with van der Waals surface area (Å²) in [5.41, 5.74) is 1.26. The summed E-state index contributed by atoms with van der Waals surface area (Å²) < 4.78 is 1.14. The first kappa shape index (κ1) is 20.1. The summed E-state index contributed by atoms with van der Waals surface area (Å²) >= 11 is 0. The maximum atomic E-state index is 12.8. The van der Waals surface area contributed by atoms with Crippen molar-refractivity contribution in [1.82, 2.24) is 19.8 Å². The lowest BCUT2D eigenvalue weighted by Gasteiger charge is -2.25. The second kappa shape index (κ2) is 8.28. The Hall–Kier alpha value is -3.19. The molecule has 2 aromatic carbocycles. The molecule has 2 unspecified atom stereocenters. The minimum Gasteiger partial charge on any atom is -0.348 e. The topological polar surface area (TPSA) is 87.2 Å². The third-order valence-electron chi connectivity index (χ3n) is 5.99. The van der Waals surface area contributed by atoms with E-state index in [2.05, 4.69) is 34.3 Å². The van der Waals surface area contributed by atoms with Crippen LogP contribution in [-0.4, -0.2) is 39.0 Å². The Morgan fingerprint density at radius 1 is 1.17 bits per heavy atom. The zero-order chi connectivity index (χ0) is 21.3. The van der Waals surface area contributed by atoms with Crippen molar-refractivity contribution < 1.29 is 4.79 Å². The number of amides is 1. The summed E-state index contributed by atoms with van der Waals surface area (Å²) in [5, 5.41) is 3.52. The first-order chi connectivity index (χ1) is 14.5. The SMILES string of the molecule is CCn1c(=O)[nH]c2cc(C(=O)NC3CCN(Cc4ccccc4)C3C)ccc2c1=O. The van der Waals surface area contributed by atoms with Crippen LogP contribution in [0.1, 0.15) is 36.2 Å². The molecular formula is C23H26N4O3. The molecule has 0 spiro atoms. The first-order valence-electron chi connectivity index (χ1n) is 10.3. The number of nitrogens with one attached hydrogen (secondary N) is 2. The monoisotopic (exact) mass is 406 g/mol. The van der Waals surface area contributed by atoms with Gasteiger partial charge in [0, 0.05) is 37.3 Å². The average molecular weight is 406 g/mol. The third kappa shape index (κ3) is 3.80. The number of benzene rings is 2. The number of rotatable bonds is 5. The Kier molecular flexibility index (Phi) is 5.55. The highest BCUT2D eigenvalue weighted by Gasteiger charge is 2.31. The van der Waals surface area contributed by atoms with Gasteiger partial charge in [0.2, 0.25) is 0 Å². The highest BCUT2D eigenvalue weighted by atomic mass is 16.2. The van der Waals surface area contributed by atoms with Gasteiger partial charge < -0.3 is 10.3 Å². The molecule has 0 saturated carbocycles. The summed E-state index contributed by atoms with van der Waals surface area (Å²) in [6.07, 6.45) is 0.880. The molecule has 1 aromatic heterocycles. The smallest absolute Gasteiger partial charge is 0.328 e. The van der Waals surface area contributed by atoms with Crippen LogP contribution in [0.5, 0.6) is 0 Å². The van der Waals surface area contributed by atoms with Crippen molar-refractivity contribution in [2.75, 3.05) is 6.54 Å². The van der Waals surface area contributed by atoms with Crippen molar-refractivity contribution in [2.24, 2.45) is 0 Å². The van der Waals surface area contributed by atoms with Gasteiger partial charge in [-0.25, -0.2) is 4.79 Å². The first-order valence-corrected chi connectivity index (χ1v) is 10.3. The second-order valence-electron chi connectivity index (χ2n) is 7.81. The average Bonchev–Trinajstić information content (AvgIpc) is 3.08. The van der Waals surface area contributed by atoms with Gasteiger partial charge in [0.05, 0.1) is 10.9 Å². The number of carbonyl (C=O) groups is 1. The van der Waals surface area contributed by atoms with Crippen LogP contribution in [0.25, 0.3) is 10.9 Å². The van der Waals surface area contributed by atoms with E-state index < -0.39 is 5.69 Å². The van der Waals surface area contributed by atoms with Crippen molar-refractivity contribution in [3.05, 3.63) is 80.5 Å². The molecule has 2 N–H and O–H groups in total. The molecule has 0 aliphatic carbocycles. The summed E-state index contributed by atoms with van der Waals surface area (Å²) in [4.78, 5) is 42.4. The van der Waals surface area contributed by atoms with E-state index in [1.54, 1.807) is 25.1 Å². The van der Waals surface area contributed by atoms with Crippen LogP contribution in [-0.2, 0) is 13.1 Å². The highest BCUT2D eigenvalue weighted by Crippen LogP contribution is 2.21. The van der Waals surface area contributed by atoms with E-state index in [9.17, 15) is 14.4 Å². The molecule has 3 aromatic rings. The Balaban J connectivity index is 1.49. The number of carbonyl (C=O) groups excluding carboxylic acids is 1. The van der Waals surface area contributed by atoms with Gasteiger partial charge in [-0.3, -0.25) is 19.1 Å². The predicted octanol–water partition coefficient (Wildman–Crippen LogP) is 2.10. The highest BCUT2D eigenvalue weighted by molar-refractivity contribution is 5.97. The van der Waals surface area contributed by atoms with Gasteiger partial charge in [0.1, 0.15) is 0 Å². The van der Waals surface area contributed by atoms with E-state index in [-0.39, 0.29) is 23.6 Å². The number of aromatic amines is 1. The zero-order valence-electron chi connectivity index (χ0n) is 17.2. The van der Waals surface area contributed by atoms with Crippen LogP contribution in [0.3, 0.4) is 0 Å². The van der Waals surface area contributed by atoms with Crippen molar-refractivity contribution >= 4 is 16.8 Å². The van der Waals surface area contributed by atoms with Gasteiger partial charge in [-0.1, -0.05) is 30.3 Å². The molecule has 1 aliphatic heterocycles. The fraction of sp³-hybridized carbons (Fsp3) is 0.348. The predicted molar refractivity (Wildman–Crippen MR) is 117 cm³/mol. The summed E-state index contributed by atoms with van der Waals surface area (Å²) in [7, 11) is 0. The van der Waals surface area contributed by atoms with Crippen LogP contribution in [0.15, 0.2) is 58.1 Å². The molecule has 7 nitrogen and oxygen atoms in total. The van der Waals surface area contributed by atoms with Gasteiger partial charge >= 0.3 is 5.69 Å². The third-order valence-corrected chi connectivity index (χ3v) is 5.99. The van der Waals surface area contributed by atoms with Crippen molar-refractivity contribution in [3.8, 4) is 0 Å².